The predicted molar refractivity (Wildman–Crippen MR) is 410 cm³/mol. The van der Waals surface area contributed by atoms with E-state index in [9.17, 15) is 48.0 Å². The Kier molecular flexibility index (Phi) is 54.7. The minimum Gasteiger partial charge on any atom is -0.453 e. The van der Waals surface area contributed by atoms with Crippen molar-refractivity contribution in [3.8, 4) is 5.88 Å². The van der Waals surface area contributed by atoms with Crippen LogP contribution in [-0.2, 0) is 99.7 Å². The summed E-state index contributed by atoms with van der Waals surface area (Å²) in [5, 5.41) is 12.1. The third-order valence-electron chi connectivity index (χ3n) is 9.80. The Morgan fingerprint density at radius 3 is 1.27 bits per heavy atom. The zero-order valence-electron chi connectivity index (χ0n) is 56.6. The second-order valence-corrected chi connectivity index (χ2v) is 34.9. The Morgan fingerprint density at radius 1 is 0.564 bits per heavy atom. The number of nitrogens with one attached hydrogen (secondary N) is 2. The number of halogens is 10. The van der Waals surface area contributed by atoms with Gasteiger partial charge in [-0.05, 0) is 91.6 Å². The average Bonchev–Trinajstić information content (AvgIpc) is 0.804. The highest BCUT2D eigenvalue weighted by Gasteiger charge is 2.49. The van der Waals surface area contributed by atoms with Crippen molar-refractivity contribution in [1.82, 2.24) is 54.8 Å². The van der Waals surface area contributed by atoms with Crippen molar-refractivity contribution in [3.05, 3.63) is 116 Å². The van der Waals surface area contributed by atoms with Gasteiger partial charge in [-0.2, -0.15) is 43.4 Å². The van der Waals surface area contributed by atoms with Crippen molar-refractivity contribution in [2.75, 3.05) is 72.2 Å². The fraction of sp³-hybridized carbons (Fsp3) is 0.500. The maximum Gasteiger partial charge on any atom is 0.534 e. The van der Waals surface area contributed by atoms with Gasteiger partial charge in [0.15, 0.2) is 25.8 Å². The Hall–Kier alpha value is -2.16. The summed E-state index contributed by atoms with van der Waals surface area (Å²) in [4.78, 5) is 63.6. The molecule has 0 atom stereocenters. The summed E-state index contributed by atoms with van der Waals surface area (Å²) in [6.07, 6.45) is 10.4. The molecule has 1 saturated heterocycles. The van der Waals surface area contributed by atoms with Crippen LogP contribution in [0.4, 0.5) is 13.2 Å². The number of thioether (sulfide) groups is 5. The second kappa shape index (κ2) is 53.6. The molecule has 0 saturated carbocycles. The van der Waals surface area contributed by atoms with Crippen LogP contribution < -0.4 is 15.3 Å². The van der Waals surface area contributed by atoms with Gasteiger partial charge >= 0.3 is 40.2 Å². The van der Waals surface area contributed by atoms with E-state index in [0.29, 0.717) is 74.0 Å². The van der Waals surface area contributed by atoms with Crippen LogP contribution in [0, 0.1) is 27.7 Å². The van der Waals surface area contributed by atoms with E-state index < -0.39 is 46.8 Å². The van der Waals surface area contributed by atoms with Crippen molar-refractivity contribution in [2.45, 2.75) is 120 Å². The highest BCUT2D eigenvalue weighted by molar-refractivity contribution is 9.69. The van der Waals surface area contributed by atoms with Gasteiger partial charge in [0.05, 0.1) is 95.4 Å². The highest BCUT2D eigenvalue weighted by atomic mass is 79.9. The van der Waals surface area contributed by atoms with Crippen LogP contribution >= 0.6 is 152 Å². The van der Waals surface area contributed by atoms with E-state index in [1.54, 1.807) is 27.4 Å². The first-order chi connectivity index (χ1) is 46.3. The molecule has 101 heavy (non-hydrogen) atoms. The molecule has 51 heteroatoms. The van der Waals surface area contributed by atoms with Crippen molar-refractivity contribution >= 4 is 207 Å². The van der Waals surface area contributed by atoms with E-state index in [0.717, 1.165) is 39.7 Å². The number of aromatic nitrogens is 11. The third-order valence-corrected chi connectivity index (χ3v) is 17.3. The van der Waals surface area contributed by atoms with Crippen LogP contribution in [0.2, 0.25) is 40.6 Å². The average molecular weight is 1860 g/mol. The maximum absolute atomic E-state index is 12.3. The number of aryl methyl sites for hydroxylation is 4. The molecular weight excluding hydrogens is 1780 g/mol. The van der Waals surface area contributed by atoms with Gasteiger partial charge < -0.3 is 51.9 Å². The predicted octanol–water partition coefficient (Wildman–Crippen LogP) is 11.9. The van der Waals surface area contributed by atoms with Gasteiger partial charge in [-0.1, -0.05) is 119 Å². The van der Waals surface area contributed by atoms with E-state index in [1.807, 2.05) is 84.5 Å². The minimum absolute atomic E-state index is 0. The van der Waals surface area contributed by atoms with E-state index in [2.05, 4.69) is 110 Å². The molecule has 0 radical (unpaired) electrons. The number of aliphatic hydroxyl groups is 1. The number of pyridine rings is 1. The number of aromatic amines is 2. The molecule has 1 aliphatic rings. The molecule has 29 nitrogen and oxygen atoms in total. The smallest absolute Gasteiger partial charge is 0.453 e. The molecule has 0 spiro atoms. The largest absolute Gasteiger partial charge is 0.534 e. The molecule has 568 valence electrons. The van der Waals surface area contributed by atoms with Crippen LogP contribution in [-0.4, -0.2) is 187 Å². The molecule has 1 aliphatic heterocycles. The first kappa shape index (κ1) is 103. The van der Waals surface area contributed by atoms with Crippen LogP contribution in [0.15, 0.2) is 59.6 Å². The summed E-state index contributed by atoms with van der Waals surface area (Å²) in [5.74, 6) is -0.893. The number of methoxy groups -OCH3 is 4. The quantitative estimate of drug-likeness (QED) is 0.0236. The van der Waals surface area contributed by atoms with Crippen molar-refractivity contribution in [2.24, 2.45) is 0 Å². The highest BCUT2D eigenvalue weighted by Crippen LogP contribution is 2.33. The molecule has 7 heterocycles. The molecule has 0 unspecified atom stereocenters. The van der Waals surface area contributed by atoms with Gasteiger partial charge in [0.25, 0.3) is 37.2 Å². The first-order valence-corrected chi connectivity index (χ1v) is 42.5. The fourth-order valence-corrected chi connectivity index (χ4v) is 11.0. The Bertz CT molecular complexity index is 3870. The van der Waals surface area contributed by atoms with Gasteiger partial charge in [-0.25, -0.2) is 34.9 Å². The van der Waals surface area contributed by atoms with Gasteiger partial charge in [-0.15, -0.1) is 50.9 Å². The van der Waals surface area contributed by atoms with Crippen molar-refractivity contribution in [1.29, 1.82) is 0 Å². The van der Waals surface area contributed by atoms with Crippen LogP contribution in [0.5, 0.6) is 5.88 Å². The van der Waals surface area contributed by atoms with Gasteiger partial charge in [0, 0.05) is 45.9 Å². The summed E-state index contributed by atoms with van der Waals surface area (Å²) in [5.41, 5.74) is 0.0262. The normalized spacial score (nSPS) is 11.7. The number of aliphatic hydroxyl groups excluding tert-OH is 1. The number of H-pyrrole nitrogens is 2. The molecule has 6 aromatic rings. The molecule has 6 aromatic heterocycles. The lowest BCUT2D eigenvalue weighted by Gasteiger charge is -2.25. The first-order valence-electron chi connectivity index (χ1n) is 27.0. The monoisotopic (exact) mass is 1850 g/mol. The fourth-order valence-electron chi connectivity index (χ4n) is 6.10. The minimum atomic E-state index is -5.85. The summed E-state index contributed by atoms with van der Waals surface area (Å²) in [7, 11) is -7.98. The topological polar surface area (TPSA) is 387 Å². The van der Waals surface area contributed by atoms with Crippen LogP contribution in [0.25, 0.3) is 0 Å². The number of rotatable bonds is 18. The number of alkyl halides is 3. The van der Waals surface area contributed by atoms with E-state index in [1.165, 1.54) is 67.3 Å². The maximum atomic E-state index is 12.3. The lowest BCUT2D eigenvalue weighted by atomic mass is 9.74. The summed E-state index contributed by atoms with van der Waals surface area (Å²) in [6, 6.07) is 7.43. The van der Waals surface area contributed by atoms with E-state index in [4.69, 9.17) is 84.2 Å². The molecule has 0 aliphatic carbocycles. The standard InChI is InChI=1S/C8H8ClF3N2O4S2.C8H11ClN2OS.C7H9ClN2O2S.C7H9ClN2OS.C7H10N2O2S.C7H9N.C3H9B3O3.C2H6O5S2.CH4.BBr3/c1-17-3-4-5(9)6(14-7(13-4)19-2)18-20(15,16)8(10,11)12;1-5-7(9)6(4-12-2)11-8(10-5)13-3;1-12-3-4-5(8)6(11)10-7(9-4)13-2;1-4-6(8)5(3-11)10-7(9-4)12-2;1-11-4-5-3-6(10)9-7(8-5)12-2;1-6-4-3-5-7(2)8-6;1-4-7-5(2)9-6(3)8-4;1-8(3,4)7-9(2,5)6;;2-1(3)4/h3H2,1-2H3;4H2,1-3H3;3H2,1-2H3,(H,9,10,11);11H,3H2,1-2H3;3H,4H2,1-2H3,(H,8,9,10);3-5H,1-2H3;1-3H3;1-2H3;1H4;. The van der Waals surface area contributed by atoms with Gasteiger partial charge in [0.1, 0.15) is 10.0 Å². The lowest BCUT2D eigenvalue weighted by Crippen LogP contribution is -2.44. The van der Waals surface area contributed by atoms with Gasteiger partial charge in [0.2, 0.25) is 0 Å². The van der Waals surface area contributed by atoms with Gasteiger partial charge in [-0.3, -0.25) is 14.6 Å². The molecule has 0 aromatic carbocycles. The second-order valence-electron chi connectivity index (χ2n) is 18.1. The summed E-state index contributed by atoms with van der Waals surface area (Å²) in [6.45, 7) is 14.0. The van der Waals surface area contributed by atoms with E-state index >= 15 is 0 Å². The third kappa shape index (κ3) is 46.0. The van der Waals surface area contributed by atoms with Crippen LogP contribution in [0.1, 0.15) is 58.7 Å². The lowest BCUT2D eigenvalue weighted by molar-refractivity contribution is -0.0501. The Labute approximate surface area is 654 Å². The molecule has 7 rings (SSSR count). The summed E-state index contributed by atoms with van der Waals surface area (Å²) >= 11 is 39.2. The van der Waals surface area contributed by atoms with Crippen LogP contribution in [0.3, 0.4) is 0 Å². The number of hydrogen-bond acceptors (Lipinski definition) is 32. The number of ether oxygens (including phenoxy) is 4. The molecule has 0 amide bonds. The molecule has 3 N–H and O–H groups in total. The van der Waals surface area contributed by atoms with E-state index in [-0.39, 0.29) is 78.8 Å². The van der Waals surface area contributed by atoms with Crippen molar-refractivity contribution < 1.29 is 84.0 Å². The Balaban J connectivity index is -0.00000109. The Morgan fingerprint density at radius 2 is 0.931 bits per heavy atom. The zero-order chi connectivity index (χ0) is 77.5. The molecule has 0 bridgehead atoms. The molecule has 1 fully saturated rings. The number of hydrogen-bond donors (Lipinski definition) is 3. The zero-order valence-corrected chi connectivity index (χ0v) is 70.9. The number of nitrogens with zero attached hydrogens (tertiary/aromatic N) is 9. The molecular formula is C50H75B4Br3Cl4F3N11O18S8. The SMILES string of the molecule is BrB(Br)Br.C.CB1OB(C)OB(C)O1.COCc1cc(=O)[nH]c(SC)n1.COCc1nc(SC)[nH]c(=O)c1Cl.COCc1nc(SC)nc(C)c1Cl.COCc1nc(SC)nc(OS(=O)(=O)C(F)(F)F)c1Cl.CS(=O)(=O)OS(C)(=O)=O.CSc1nc(C)c(Cl)c(CO)n1.Cc1cccc(C)n1. The van der Waals surface area contributed by atoms with Crippen molar-refractivity contribution in [3.63, 3.8) is 0 Å². The summed E-state index contributed by atoms with van der Waals surface area (Å²) < 4.78 is 141.